The molecule has 0 saturated carbocycles. The highest BCUT2D eigenvalue weighted by Crippen LogP contribution is 2.29. The van der Waals surface area contributed by atoms with Crippen molar-refractivity contribution in [2.45, 2.75) is 17.7 Å². The minimum atomic E-state index is -3.49. The molecule has 118 valence electrons. The van der Waals surface area contributed by atoms with Crippen LogP contribution < -0.4 is 4.74 Å². The summed E-state index contributed by atoms with van der Waals surface area (Å²) in [4.78, 5) is 0.259. The lowest BCUT2D eigenvalue weighted by Crippen LogP contribution is -2.35. The van der Waals surface area contributed by atoms with Gasteiger partial charge in [0.05, 0.1) is 23.1 Å². The van der Waals surface area contributed by atoms with Crippen LogP contribution >= 0.6 is 15.9 Å². The number of sulfonamides is 1. The molecule has 1 aromatic carbocycles. The molecule has 0 spiro atoms. The van der Waals surface area contributed by atoms with Gasteiger partial charge in [0.15, 0.2) is 0 Å². The van der Waals surface area contributed by atoms with E-state index < -0.39 is 10.0 Å². The van der Waals surface area contributed by atoms with Crippen LogP contribution in [0.4, 0.5) is 0 Å². The topological polar surface area (TPSA) is 55.8 Å². The van der Waals surface area contributed by atoms with E-state index in [0.29, 0.717) is 23.4 Å². The van der Waals surface area contributed by atoms with Crippen molar-refractivity contribution in [1.29, 1.82) is 0 Å². The monoisotopic (exact) mass is 377 g/mol. The Morgan fingerprint density at radius 2 is 2.24 bits per heavy atom. The van der Waals surface area contributed by atoms with E-state index in [1.807, 2.05) is 0 Å². The van der Waals surface area contributed by atoms with Crippen molar-refractivity contribution in [2.24, 2.45) is 5.92 Å². The molecular formula is C14H20BrNO4S. The maximum atomic E-state index is 12.6. The van der Waals surface area contributed by atoms with Crippen LogP contribution in [0.1, 0.15) is 12.8 Å². The summed E-state index contributed by atoms with van der Waals surface area (Å²) in [5.74, 6) is 0.873. The molecule has 7 heteroatoms. The van der Waals surface area contributed by atoms with E-state index in [-0.39, 0.29) is 10.8 Å². The van der Waals surface area contributed by atoms with E-state index in [4.69, 9.17) is 9.47 Å². The molecule has 1 aromatic rings. The van der Waals surface area contributed by atoms with Crippen LogP contribution in [0.3, 0.4) is 0 Å². The summed E-state index contributed by atoms with van der Waals surface area (Å²) in [6.45, 7) is 1.89. The number of hydrogen-bond acceptors (Lipinski definition) is 4. The Hall–Kier alpha value is -0.630. The number of benzene rings is 1. The van der Waals surface area contributed by atoms with E-state index in [0.717, 1.165) is 19.4 Å². The van der Waals surface area contributed by atoms with Crippen molar-refractivity contribution in [2.75, 3.05) is 33.9 Å². The molecule has 2 rings (SSSR count). The Bertz CT molecular complexity index is 585. The Balaban J connectivity index is 2.14. The quantitative estimate of drug-likeness (QED) is 0.790. The molecule has 0 N–H and O–H groups in total. The molecule has 1 fully saturated rings. The number of hydrogen-bond donors (Lipinski definition) is 0. The van der Waals surface area contributed by atoms with Crippen LogP contribution in [0, 0.1) is 5.92 Å². The molecule has 0 aliphatic carbocycles. The zero-order chi connectivity index (χ0) is 15.5. The zero-order valence-electron chi connectivity index (χ0n) is 12.2. The fourth-order valence-corrected chi connectivity index (χ4v) is 4.37. The van der Waals surface area contributed by atoms with E-state index in [1.165, 1.54) is 4.31 Å². The number of rotatable bonds is 5. The number of ether oxygens (including phenoxy) is 2. The SMILES string of the molecule is COc1ccc(S(=O)(=O)N(C)CC2CCCOC2)cc1Br. The van der Waals surface area contributed by atoms with Crippen molar-refractivity contribution in [3.63, 3.8) is 0 Å². The molecule has 0 bridgehead atoms. The third-order valence-corrected chi connectivity index (χ3v) is 6.04. The molecule has 1 heterocycles. The molecule has 1 aliphatic heterocycles. The van der Waals surface area contributed by atoms with Gasteiger partial charge in [-0.1, -0.05) is 0 Å². The molecule has 0 aromatic heterocycles. The predicted molar refractivity (Wildman–Crippen MR) is 84.1 cm³/mol. The predicted octanol–water partition coefficient (Wildman–Crippen LogP) is 2.50. The van der Waals surface area contributed by atoms with Gasteiger partial charge >= 0.3 is 0 Å². The van der Waals surface area contributed by atoms with Crippen LogP contribution in [0.15, 0.2) is 27.6 Å². The largest absolute Gasteiger partial charge is 0.496 e. The Labute approximate surface area is 134 Å². The second kappa shape index (κ2) is 7.09. The summed E-state index contributed by atoms with van der Waals surface area (Å²) in [7, 11) is -0.335. The molecule has 5 nitrogen and oxygen atoms in total. The third-order valence-electron chi connectivity index (χ3n) is 3.60. The summed E-state index contributed by atoms with van der Waals surface area (Å²) in [6, 6.07) is 4.78. The van der Waals surface area contributed by atoms with Crippen molar-refractivity contribution in [1.82, 2.24) is 4.31 Å². The Morgan fingerprint density at radius 1 is 1.48 bits per heavy atom. The number of methoxy groups -OCH3 is 1. The number of halogens is 1. The summed E-state index contributed by atoms with van der Waals surface area (Å²) in [6.07, 6.45) is 2.00. The Morgan fingerprint density at radius 3 is 2.81 bits per heavy atom. The smallest absolute Gasteiger partial charge is 0.242 e. The van der Waals surface area contributed by atoms with E-state index in [9.17, 15) is 8.42 Å². The van der Waals surface area contributed by atoms with Gasteiger partial charge in [0.25, 0.3) is 0 Å². The van der Waals surface area contributed by atoms with Crippen molar-refractivity contribution < 1.29 is 17.9 Å². The fourth-order valence-electron chi connectivity index (χ4n) is 2.40. The molecule has 0 radical (unpaired) electrons. The van der Waals surface area contributed by atoms with Gasteiger partial charge in [0, 0.05) is 20.2 Å². The summed E-state index contributed by atoms with van der Waals surface area (Å²) < 4.78 is 37.7. The van der Waals surface area contributed by atoms with Gasteiger partial charge in [-0.15, -0.1) is 0 Å². The molecule has 1 saturated heterocycles. The first-order chi connectivity index (χ1) is 9.95. The molecular weight excluding hydrogens is 358 g/mol. The fraction of sp³-hybridized carbons (Fsp3) is 0.571. The van der Waals surface area contributed by atoms with Gasteiger partial charge in [0.1, 0.15) is 5.75 Å². The second-order valence-electron chi connectivity index (χ2n) is 5.17. The van der Waals surface area contributed by atoms with Gasteiger partial charge in [-0.2, -0.15) is 0 Å². The minimum Gasteiger partial charge on any atom is -0.496 e. The standard InChI is InChI=1S/C14H20BrNO4S/c1-16(9-11-4-3-7-20-10-11)21(17,18)12-5-6-14(19-2)13(15)8-12/h5-6,8,11H,3-4,7,9-10H2,1-2H3. The molecule has 1 aliphatic rings. The van der Waals surface area contributed by atoms with Crippen LogP contribution in [-0.2, 0) is 14.8 Å². The zero-order valence-corrected chi connectivity index (χ0v) is 14.6. The summed E-state index contributed by atoms with van der Waals surface area (Å²) >= 11 is 3.32. The molecule has 1 unspecified atom stereocenters. The second-order valence-corrected chi connectivity index (χ2v) is 8.06. The third kappa shape index (κ3) is 3.97. The van der Waals surface area contributed by atoms with E-state index >= 15 is 0 Å². The van der Waals surface area contributed by atoms with Gasteiger partial charge in [-0.05, 0) is 52.9 Å². The van der Waals surface area contributed by atoms with Crippen molar-refractivity contribution >= 4 is 26.0 Å². The van der Waals surface area contributed by atoms with Crippen LogP contribution in [0.2, 0.25) is 0 Å². The first-order valence-electron chi connectivity index (χ1n) is 6.82. The normalized spacial score (nSPS) is 19.7. The molecule has 21 heavy (non-hydrogen) atoms. The van der Waals surface area contributed by atoms with E-state index in [1.54, 1.807) is 32.4 Å². The highest BCUT2D eigenvalue weighted by molar-refractivity contribution is 9.10. The Kier molecular flexibility index (Phi) is 5.65. The van der Waals surface area contributed by atoms with Crippen molar-refractivity contribution in [3.05, 3.63) is 22.7 Å². The maximum absolute atomic E-state index is 12.6. The van der Waals surface area contributed by atoms with Crippen LogP contribution in [-0.4, -0.2) is 46.6 Å². The van der Waals surface area contributed by atoms with Gasteiger partial charge in [-0.25, -0.2) is 12.7 Å². The first-order valence-corrected chi connectivity index (χ1v) is 9.06. The lowest BCUT2D eigenvalue weighted by atomic mass is 10.0. The lowest BCUT2D eigenvalue weighted by Gasteiger charge is -2.26. The average molecular weight is 378 g/mol. The number of nitrogens with zero attached hydrogens (tertiary/aromatic N) is 1. The van der Waals surface area contributed by atoms with Crippen molar-refractivity contribution in [3.8, 4) is 5.75 Å². The summed E-state index contributed by atoms with van der Waals surface area (Å²) in [5.41, 5.74) is 0. The summed E-state index contributed by atoms with van der Waals surface area (Å²) in [5, 5.41) is 0. The highest BCUT2D eigenvalue weighted by Gasteiger charge is 2.25. The van der Waals surface area contributed by atoms with E-state index in [2.05, 4.69) is 15.9 Å². The lowest BCUT2D eigenvalue weighted by molar-refractivity contribution is 0.0495. The van der Waals surface area contributed by atoms with Gasteiger partial charge < -0.3 is 9.47 Å². The minimum absolute atomic E-state index is 0.259. The average Bonchev–Trinajstić information content (AvgIpc) is 2.48. The van der Waals surface area contributed by atoms with Crippen LogP contribution in [0.25, 0.3) is 0 Å². The molecule has 1 atom stereocenters. The van der Waals surface area contributed by atoms with Gasteiger partial charge in [-0.3, -0.25) is 0 Å². The van der Waals surface area contributed by atoms with Crippen LogP contribution in [0.5, 0.6) is 5.75 Å². The first kappa shape index (κ1) is 16.7. The molecule has 0 amide bonds. The van der Waals surface area contributed by atoms with Gasteiger partial charge in [0.2, 0.25) is 10.0 Å². The maximum Gasteiger partial charge on any atom is 0.242 e. The highest BCUT2D eigenvalue weighted by atomic mass is 79.9.